The molecule has 0 atom stereocenters. The number of anilines is 1. The Bertz CT molecular complexity index is 819. The third-order valence-electron chi connectivity index (χ3n) is 3.27. The number of carboxylic acid groups (broad SMARTS) is 1. The number of para-hydroxylation sites is 1. The van der Waals surface area contributed by atoms with Crippen LogP contribution >= 0.6 is 27.7 Å². The highest BCUT2D eigenvalue weighted by Crippen LogP contribution is 2.41. The zero-order valence-electron chi connectivity index (χ0n) is 11.9. The molecule has 1 heterocycles. The number of thioether (sulfide) groups is 1. The van der Waals surface area contributed by atoms with Crippen LogP contribution in [0.25, 0.3) is 6.08 Å². The van der Waals surface area contributed by atoms with Crippen molar-refractivity contribution in [3.05, 3.63) is 63.5 Å². The molecular formula is C17H12BrNO3S. The Morgan fingerprint density at radius 2 is 2.00 bits per heavy atom. The van der Waals surface area contributed by atoms with Crippen LogP contribution in [0.5, 0.6) is 0 Å². The van der Waals surface area contributed by atoms with Gasteiger partial charge in [0.2, 0.25) is 0 Å². The van der Waals surface area contributed by atoms with Crippen molar-refractivity contribution < 1.29 is 14.7 Å². The standard InChI is InChI=1S/C17H12BrNO3S/c18-12-5-3-4-11(8-12)9-15-17(22)19(10-16(20)21)13-6-1-2-7-14(13)23-15/h1-9H,10H2,(H,20,21)/b15-9-. The minimum Gasteiger partial charge on any atom is -0.480 e. The summed E-state index contributed by atoms with van der Waals surface area (Å²) in [6, 6.07) is 14.9. The SMILES string of the molecule is O=C(O)CN1C(=O)/C(=C/c2cccc(Br)c2)Sc2ccccc21. The molecule has 0 saturated heterocycles. The molecule has 4 nitrogen and oxygen atoms in total. The van der Waals surface area contributed by atoms with Crippen molar-refractivity contribution in [2.45, 2.75) is 4.90 Å². The highest BCUT2D eigenvalue weighted by atomic mass is 79.9. The van der Waals surface area contributed by atoms with Gasteiger partial charge in [-0.3, -0.25) is 14.5 Å². The van der Waals surface area contributed by atoms with Gasteiger partial charge >= 0.3 is 5.97 Å². The van der Waals surface area contributed by atoms with Gasteiger partial charge < -0.3 is 5.11 Å². The number of amides is 1. The molecule has 0 radical (unpaired) electrons. The van der Waals surface area contributed by atoms with Crippen LogP contribution < -0.4 is 4.90 Å². The van der Waals surface area contributed by atoms with Crippen LogP contribution in [0.15, 0.2) is 62.8 Å². The van der Waals surface area contributed by atoms with Crippen LogP contribution in [0.3, 0.4) is 0 Å². The van der Waals surface area contributed by atoms with Gasteiger partial charge in [0.05, 0.1) is 10.6 Å². The van der Waals surface area contributed by atoms with Crippen LogP contribution in [0, 0.1) is 0 Å². The first-order valence-electron chi connectivity index (χ1n) is 6.82. The van der Waals surface area contributed by atoms with Gasteiger partial charge in [-0.25, -0.2) is 0 Å². The first-order valence-corrected chi connectivity index (χ1v) is 8.43. The van der Waals surface area contributed by atoms with Crippen molar-refractivity contribution in [2.24, 2.45) is 0 Å². The lowest BCUT2D eigenvalue weighted by Gasteiger charge is -2.28. The zero-order valence-corrected chi connectivity index (χ0v) is 14.3. The van der Waals surface area contributed by atoms with Crippen molar-refractivity contribution in [3.63, 3.8) is 0 Å². The molecule has 6 heteroatoms. The minimum absolute atomic E-state index is 0.295. The predicted molar refractivity (Wildman–Crippen MR) is 94.4 cm³/mol. The molecule has 116 valence electrons. The summed E-state index contributed by atoms with van der Waals surface area (Å²) in [6.07, 6.45) is 1.78. The van der Waals surface area contributed by atoms with Gasteiger partial charge in [-0.15, -0.1) is 0 Å². The third kappa shape index (κ3) is 3.48. The number of carbonyl (C=O) groups is 2. The van der Waals surface area contributed by atoms with E-state index in [9.17, 15) is 9.59 Å². The monoisotopic (exact) mass is 389 g/mol. The second-order valence-corrected chi connectivity index (χ2v) is 6.92. The summed E-state index contributed by atoms with van der Waals surface area (Å²) >= 11 is 4.76. The van der Waals surface area contributed by atoms with E-state index in [0.29, 0.717) is 10.6 Å². The van der Waals surface area contributed by atoms with Gasteiger partial charge in [-0.1, -0.05) is 52.0 Å². The summed E-state index contributed by atoms with van der Waals surface area (Å²) in [7, 11) is 0. The van der Waals surface area contributed by atoms with E-state index in [-0.39, 0.29) is 12.5 Å². The highest BCUT2D eigenvalue weighted by Gasteiger charge is 2.30. The predicted octanol–water partition coefficient (Wildman–Crippen LogP) is 4.01. The van der Waals surface area contributed by atoms with Gasteiger partial charge in [-0.2, -0.15) is 0 Å². The molecule has 0 fully saturated rings. The van der Waals surface area contributed by atoms with Crippen LogP contribution in [0.2, 0.25) is 0 Å². The number of halogens is 1. The molecule has 2 aromatic rings. The first-order chi connectivity index (χ1) is 11.0. The Morgan fingerprint density at radius 3 is 2.74 bits per heavy atom. The number of nitrogens with zero attached hydrogens (tertiary/aromatic N) is 1. The Labute approximate surface area is 145 Å². The molecule has 0 saturated carbocycles. The van der Waals surface area contributed by atoms with Crippen molar-refractivity contribution >= 4 is 51.3 Å². The van der Waals surface area contributed by atoms with Crippen LogP contribution in [0.4, 0.5) is 5.69 Å². The van der Waals surface area contributed by atoms with E-state index in [1.807, 2.05) is 36.4 Å². The van der Waals surface area contributed by atoms with Gasteiger partial charge in [0.1, 0.15) is 6.54 Å². The van der Waals surface area contributed by atoms with E-state index in [2.05, 4.69) is 15.9 Å². The molecule has 2 aromatic carbocycles. The number of fused-ring (bicyclic) bond motifs is 1. The Hall–Kier alpha value is -2.05. The molecule has 1 N–H and O–H groups in total. The number of carbonyl (C=O) groups excluding carboxylic acids is 1. The van der Waals surface area contributed by atoms with Gasteiger partial charge in [0.25, 0.3) is 5.91 Å². The third-order valence-corrected chi connectivity index (χ3v) is 4.84. The van der Waals surface area contributed by atoms with E-state index in [4.69, 9.17) is 5.11 Å². The molecule has 23 heavy (non-hydrogen) atoms. The van der Waals surface area contributed by atoms with Gasteiger partial charge in [0, 0.05) is 9.37 Å². The van der Waals surface area contributed by atoms with Crippen LogP contribution in [-0.4, -0.2) is 23.5 Å². The quantitative estimate of drug-likeness (QED) is 0.805. The number of carboxylic acids is 1. The Kier molecular flexibility index (Phi) is 4.54. The topological polar surface area (TPSA) is 57.6 Å². The largest absolute Gasteiger partial charge is 0.480 e. The molecule has 1 amide bonds. The maximum absolute atomic E-state index is 12.7. The second-order valence-electron chi connectivity index (χ2n) is 4.92. The fourth-order valence-corrected chi connectivity index (χ4v) is 3.78. The second kappa shape index (κ2) is 6.60. The van der Waals surface area contributed by atoms with Crippen molar-refractivity contribution in [1.82, 2.24) is 0 Å². The molecule has 0 aromatic heterocycles. The van der Waals surface area contributed by atoms with Gasteiger partial charge in [-0.05, 0) is 35.9 Å². The molecule has 1 aliphatic heterocycles. The first kappa shape index (κ1) is 15.8. The normalized spacial score (nSPS) is 15.6. The van der Waals surface area contributed by atoms with E-state index in [1.165, 1.54) is 16.7 Å². The lowest BCUT2D eigenvalue weighted by Crippen LogP contribution is -2.38. The molecule has 0 aliphatic carbocycles. The van der Waals surface area contributed by atoms with E-state index < -0.39 is 5.97 Å². The van der Waals surface area contributed by atoms with Crippen LogP contribution in [0.1, 0.15) is 5.56 Å². The fraction of sp³-hybridized carbons (Fsp3) is 0.0588. The molecule has 3 rings (SSSR count). The zero-order chi connectivity index (χ0) is 16.4. The lowest BCUT2D eigenvalue weighted by molar-refractivity contribution is -0.136. The number of hydrogen-bond acceptors (Lipinski definition) is 3. The minimum atomic E-state index is -1.04. The van der Waals surface area contributed by atoms with E-state index >= 15 is 0 Å². The summed E-state index contributed by atoms with van der Waals surface area (Å²) in [5.74, 6) is -1.34. The van der Waals surface area contributed by atoms with E-state index in [0.717, 1.165) is 14.9 Å². The number of hydrogen-bond donors (Lipinski definition) is 1. The Morgan fingerprint density at radius 1 is 1.22 bits per heavy atom. The average Bonchev–Trinajstić information content (AvgIpc) is 2.51. The smallest absolute Gasteiger partial charge is 0.323 e. The van der Waals surface area contributed by atoms with Crippen molar-refractivity contribution in [3.8, 4) is 0 Å². The summed E-state index contributed by atoms with van der Waals surface area (Å²) in [5, 5.41) is 9.10. The van der Waals surface area contributed by atoms with Gasteiger partial charge in [0.15, 0.2) is 0 Å². The lowest BCUT2D eigenvalue weighted by atomic mass is 10.2. The summed E-state index contributed by atoms with van der Waals surface area (Å²) < 4.78 is 0.919. The molecule has 0 spiro atoms. The Balaban J connectivity index is 2.04. The summed E-state index contributed by atoms with van der Waals surface area (Å²) in [6.45, 7) is -0.355. The summed E-state index contributed by atoms with van der Waals surface area (Å²) in [5.41, 5.74) is 1.51. The molecule has 1 aliphatic rings. The highest BCUT2D eigenvalue weighted by molar-refractivity contribution is 9.10. The fourth-order valence-electron chi connectivity index (χ4n) is 2.30. The number of rotatable bonds is 3. The van der Waals surface area contributed by atoms with Crippen LogP contribution in [-0.2, 0) is 9.59 Å². The summed E-state index contributed by atoms with van der Waals surface area (Å²) in [4.78, 5) is 26.5. The molecule has 0 bridgehead atoms. The maximum Gasteiger partial charge on any atom is 0.323 e. The molecular weight excluding hydrogens is 378 g/mol. The maximum atomic E-state index is 12.7. The average molecular weight is 390 g/mol. The number of benzene rings is 2. The van der Waals surface area contributed by atoms with E-state index in [1.54, 1.807) is 18.2 Å². The van der Waals surface area contributed by atoms with Crippen molar-refractivity contribution in [2.75, 3.05) is 11.4 Å². The van der Waals surface area contributed by atoms with Crippen molar-refractivity contribution in [1.29, 1.82) is 0 Å². The number of aliphatic carboxylic acids is 1. The molecule has 0 unspecified atom stereocenters.